The first kappa shape index (κ1) is 13.5. The SMILES string of the molecule is CCCCCCCC1=NC(CC)(CC)CO1. The second-order valence-electron chi connectivity index (χ2n) is 4.89. The maximum absolute atomic E-state index is 5.71. The molecule has 94 valence electrons. The van der Waals surface area contributed by atoms with E-state index < -0.39 is 0 Å². The summed E-state index contributed by atoms with van der Waals surface area (Å²) in [6.45, 7) is 7.48. The molecule has 16 heavy (non-hydrogen) atoms. The van der Waals surface area contributed by atoms with Gasteiger partial charge in [0.05, 0.1) is 5.54 Å². The molecule has 0 saturated heterocycles. The average Bonchev–Trinajstić information content (AvgIpc) is 2.73. The number of rotatable bonds is 8. The molecule has 0 atom stereocenters. The molecule has 0 saturated carbocycles. The maximum atomic E-state index is 5.71. The van der Waals surface area contributed by atoms with Crippen molar-refractivity contribution >= 4 is 5.90 Å². The third kappa shape index (κ3) is 3.80. The van der Waals surface area contributed by atoms with Gasteiger partial charge in [-0.1, -0.05) is 46.5 Å². The lowest BCUT2D eigenvalue weighted by Gasteiger charge is -2.18. The highest BCUT2D eigenvalue weighted by Gasteiger charge is 2.32. The fraction of sp³-hybridized carbons (Fsp3) is 0.929. The lowest BCUT2D eigenvalue weighted by molar-refractivity contribution is 0.240. The highest BCUT2D eigenvalue weighted by atomic mass is 16.5. The summed E-state index contributed by atoms with van der Waals surface area (Å²) in [6.07, 6.45) is 9.84. The largest absolute Gasteiger partial charge is 0.478 e. The highest BCUT2D eigenvalue weighted by molar-refractivity contribution is 5.78. The van der Waals surface area contributed by atoms with E-state index in [0.717, 1.165) is 31.8 Å². The van der Waals surface area contributed by atoms with Gasteiger partial charge in [-0.3, -0.25) is 0 Å². The number of nitrogens with zero attached hydrogens (tertiary/aromatic N) is 1. The molecular formula is C14H27NO. The highest BCUT2D eigenvalue weighted by Crippen LogP contribution is 2.27. The Labute approximate surface area is 100 Å². The molecule has 0 aromatic heterocycles. The van der Waals surface area contributed by atoms with E-state index >= 15 is 0 Å². The van der Waals surface area contributed by atoms with Gasteiger partial charge in [0.2, 0.25) is 0 Å². The second kappa shape index (κ2) is 6.93. The smallest absolute Gasteiger partial charge is 0.183 e. The number of hydrogen-bond acceptors (Lipinski definition) is 2. The Balaban J connectivity index is 2.23. The lowest BCUT2D eigenvalue weighted by atomic mass is 9.96. The van der Waals surface area contributed by atoms with Crippen LogP contribution >= 0.6 is 0 Å². The summed E-state index contributed by atoms with van der Waals surface area (Å²) in [5.74, 6) is 1.01. The first-order valence-electron chi connectivity index (χ1n) is 6.98. The Morgan fingerprint density at radius 3 is 2.31 bits per heavy atom. The zero-order chi connectivity index (χ0) is 11.9. The van der Waals surface area contributed by atoms with E-state index in [4.69, 9.17) is 9.73 Å². The van der Waals surface area contributed by atoms with Gasteiger partial charge in [-0.05, 0) is 19.3 Å². The van der Waals surface area contributed by atoms with Crippen molar-refractivity contribution in [1.29, 1.82) is 0 Å². The summed E-state index contributed by atoms with van der Waals surface area (Å²) in [6, 6.07) is 0. The van der Waals surface area contributed by atoms with Gasteiger partial charge in [-0.15, -0.1) is 0 Å². The van der Waals surface area contributed by atoms with E-state index in [9.17, 15) is 0 Å². The Morgan fingerprint density at radius 2 is 1.75 bits per heavy atom. The Hall–Kier alpha value is -0.530. The Kier molecular flexibility index (Phi) is 5.86. The summed E-state index contributed by atoms with van der Waals surface area (Å²) >= 11 is 0. The zero-order valence-corrected chi connectivity index (χ0v) is 11.2. The van der Waals surface area contributed by atoms with Crippen LogP contribution in [0, 0.1) is 0 Å². The molecule has 1 aliphatic heterocycles. The van der Waals surface area contributed by atoms with Crippen LogP contribution in [0.25, 0.3) is 0 Å². The van der Waals surface area contributed by atoms with Crippen molar-refractivity contribution in [3.63, 3.8) is 0 Å². The van der Waals surface area contributed by atoms with Gasteiger partial charge in [0.25, 0.3) is 0 Å². The molecule has 0 aliphatic carbocycles. The van der Waals surface area contributed by atoms with Crippen LogP contribution in [0.15, 0.2) is 4.99 Å². The molecule has 0 aromatic rings. The van der Waals surface area contributed by atoms with Crippen LogP contribution in [-0.4, -0.2) is 18.0 Å². The van der Waals surface area contributed by atoms with E-state index in [0.29, 0.717) is 0 Å². The van der Waals surface area contributed by atoms with E-state index in [1.807, 2.05) is 0 Å². The molecule has 0 bridgehead atoms. The topological polar surface area (TPSA) is 21.6 Å². The Morgan fingerprint density at radius 1 is 1.06 bits per heavy atom. The lowest BCUT2D eigenvalue weighted by Crippen LogP contribution is -2.25. The molecule has 2 heteroatoms. The molecule has 0 N–H and O–H groups in total. The van der Waals surface area contributed by atoms with E-state index in [2.05, 4.69) is 20.8 Å². The predicted octanol–water partition coefficient (Wildman–Crippen LogP) is 4.33. The van der Waals surface area contributed by atoms with Crippen LogP contribution in [0.3, 0.4) is 0 Å². The standard InChI is InChI=1S/C14H27NO/c1-4-7-8-9-10-11-13-15-14(5-2,6-3)12-16-13/h4-12H2,1-3H3. The summed E-state index contributed by atoms with van der Waals surface area (Å²) < 4.78 is 5.71. The van der Waals surface area contributed by atoms with Gasteiger partial charge in [-0.25, -0.2) is 4.99 Å². The van der Waals surface area contributed by atoms with Crippen LogP contribution in [0.1, 0.15) is 72.1 Å². The summed E-state index contributed by atoms with van der Waals surface area (Å²) in [7, 11) is 0. The monoisotopic (exact) mass is 225 g/mol. The number of ether oxygens (including phenoxy) is 1. The molecule has 0 spiro atoms. The summed E-state index contributed by atoms with van der Waals surface area (Å²) in [5, 5.41) is 0. The minimum Gasteiger partial charge on any atom is -0.478 e. The molecule has 0 fully saturated rings. The van der Waals surface area contributed by atoms with Gasteiger partial charge in [0.1, 0.15) is 6.61 Å². The third-order valence-electron chi connectivity index (χ3n) is 3.68. The molecule has 0 amide bonds. The van der Waals surface area contributed by atoms with Gasteiger partial charge in [0.15, 0.2) is 5.90 Å². The first-order valence-corrected chi connectivity index (χ1v) is 6.98. The van der Waals surface area contributed by atoms with Crippen LogP contribution in [0.2, 0.25) is 0 Å². The third-order valence-corrected chi connectivity index (χ3v) is 3.68. The van der Waals surface area contributed by atoms with Gasteiger partial charge >= 0.3 is 0 Å². The number of hydrogen-bond donors (Lipinski definition) is 0. The average molecular weight is 225 g/mol. The molecule has 0 radical (unpaired) electrons. The minimum atomic E-state index is 0.110. The van der Waals surface area contributed by atoms with Crippen molar-refractivity contribution in [2.75, 3.05) is 6.61 Å². The first-order chi connectivity index (χ1) is 7.76. The number of unbranched alkanes of at least 4 members (excludes halogenated alkanes) is 4. The van der Waals surface area contributed by atoms with Gasteiger partial charge < -0.3 is 4.74 Å². The minimum absolute atomic E-state index is 0.110. The van der Waals surface area contributed by atoms with Crippen molar-refractivity contribution in [3.8, 4) is 0 Å². The van der Waals surface area contributed by atoms with Crippen LogP contribution in [0.5, 0.6) is 0 Å². The predicted molar refractivity (Wildman–Crippen MR) is 70.1 cm³/mol. The van der Waals surface area contributed by atoms with Gasteiger partial charge in [-0.2, -0.15) is 0 Å². The van der Waals surface area contributed by atoms with Crippen molar-refractivity contribution in [1.82, 2.24) is 0 Å². The maximum Gasteiger partial charge on any atom is 0.183 e. The fourth-order valence-corrected chi connectivity index (χ4v) is 2.17. The molecule has 1 heterocycles. The molecule has 2 nitrogen and oxygen atoms in total. The van der Waals surface area contributed by atoms with Crippen molar-refractivity contribution in [3.05, 3.63) is 0 Å². The van der Waals surface area contributed by atoms with E-state index in [1.165, 1.54) is 32.1 Å². The van der Waals surface area contributed by atoms with Crippen molar-refractivity contribution < 1.29 is 4.74 Å². The van der Waals surface area contributed by atoms with Crippen LogP contribution < -0.4 is 0 Å². The summed E-state index contributed by atoms with van der Waals surface area (Å²) in [4.78, 5) is 4.77. The quantitative estimate of drug-likeness (QED) is 0.563. The van der Waals surface area contributed by atoms with E-state index in [-0.39, 0.29) is 5.54 Å². The summed E-state index contributed by atoms with van der Waals surface area (Å²) in [5.41, 5.74) is 0.110. The second-order valence-corrected chi connectivity index (χ2v) is 4.89. The molecule has 1 aliphatic rings. The van der Waals surface area contributed by atoms with Crippen LogP contribution in [0.4, 0.5) is 0 Å². The molecule has 0 aromatic carbocycles. The fourth-order valence-electron chi connectivity index (χ4n) is 2.17. The van der Waals surface area contributed by atoms with E-state index in [1.54, 1.807) is 0 Å². The molecule has 1 rings (SSSR count). The molecular weight excluding hydrogens is 198 g/mol. The van der Waals surface area contributed by atoms with Crippen LogP contribution in [-0.2, 0) is 4.74 Å². The normalized spacial score (nSPS) is 18.3. The van der Waals surface area contributed by atoms with Gasteiger partial charge in [0, 0.05) is 6.42 Å². The number of aliphatic imine (C=N–C) groups is 1. The van der Waals surface area contributed by atoms with Crippen molar-refractivity contribution in [2.24, 2.45) is 4.99 Å². The van der Waals surface area contributed by atoms with Crippen molar-refractivity contribution in [2.45, 2.75) is 77.7 Å². The zero-order valence-electron chi connectivity index (χ0n) is 11.2. The Bertz CT molecular complexity index is 219. The molecule has 0 unspecified atom stereocenters.